The first-order chi connectivity index (χ1) is 11.6. The molecule has 1 aliphatic rings. The van der Waals surface area contributed by atoms with E-state index in [9.17, 15) is 0 Å². The number of thiazole rings is 1. The fourth-order valence-electron chi connectivity index (χ4n) is 3.85. The van der Waals surface area contributed by atoms with Gasteiger partial charge in [-0.1, -0.05) is 62.4 Å². The highest BCUT2D eigenvalue weighted by atomic mass is 32.1. The minimum atomic E-state index is 0.0675. The zero-order chi connectivity index (χ0) is 16.3. The zero-order valence-electron chi connectivity index (χ0n) is 13.7. The highest BCUT2D eigenvalue weighted by Crippen LogP contribution is 2.49. The molecular formula is C22H17NS. The molecule has 2 heteroatoms. The molecule has 1 aromatic heterocycles. The molecule has 1 nitrogen and oxygen atoms in total. The summed E-state index contributed by atoms with van der Waals surface area (Å²) in [5.41, 5.74) is 7.90. The number of benzene rings is 3. The van der Waals surface area contributed by atoms with Crippen LogP contribution in [0.25, 0.3) is 31.9 Å². The van der Waals surface area contributed by atoms with E-state index in [4.69, 9.17) is 4.98 Å². The van der Waals surface area contributed by atoms with Crippen LogP contribution in [0.1, 0.15) is 25.0 Å². The van der Waals surface area contributed by atoms with Gasteiger partial charge in [-0.3, -0.25) is 0 Å². The fourth-order valence-corrected chi connectivity index (χ4v) is 4.81. The molecule has 0 saturated heterocycles. The summed E-state index contributed by atoms with van der Waals surface area (Å²) in [5, 5.41) is 1.10. The first kappa shape index (κ1) is 13.9. The molecule has 4 aromatic rings. The minimum absolute atomic E-state index is 0.0675. The SMILES string of the molecule is CC1(C)c2ccccc2-c2cc(-c3nc4ccccc4s3)ccc21. The summed E-state index contributed by atoms with van der Waals surface area (Å²) in [6.07, 6.45) is 0. The third kappa shape index (κ3) is 1.83. The molecular weight excluding hydrogens is 310 g/mol. The van der Waals surface area contributed by atoms with Crippen LogP contribution in [0, 0.1) is 0 Å². The Bertz CT molecular complexity index is 1060. The van der Waals surface area contributed by atoms with Crippen molar-refractivity contribution in [2.75, 3.05) is 0 Å². The van der Waals surface area contributed by atoms with Crippen molar-refractivity contribution in [1.82, 2.24) is 4.98 Å². The summed E-state index contributed by atoms with van der Waals surface area (Å²) < 4.78 is 1.24. The molecule has 0 saturated carbocycles. The number of aromatic nitrogens is 1. The van der Waals surface area contributed by atoms with Crippen molar-refractivity contribution in [3.05, 3.63) is 77.9 Å². The van der Waals surface area contributed by atoms with Crippen LogP contribution in [0.5, 0.6) is 0 Å². The molecule has 24 heavy (non-hydrogen) atoms. The Labute approximate surface area is 145 Å². The number of hydrogen-bond acceptors (Lipinski definition) is 2. The van der Waals surface area contributed by atoms with Gasteiger partial charge < -0.3 is 0 Å². The fraction of sp³-hybridized carbons (Fsp3) is 0.136. The van der Waals surface area contributed by atoms with E-state index in [0.29, 0.717) is 0 Å². The molecule has 1 heterocycles. The van der Waals surface area contributed by atoms with Gasteiger partial charge in [-0.15, -0.1) is 11.3 Å². The highest BCUT2D eigenvalue weighted by molar-refractivity contribution is 7.21. The van der Waals surface area contributed by atoms with Gasteiger partial charge in [0.1, 0.15) is 5.01 Å². The topological polar surface area (TPSA) is 12.9 Å². The standard InChI is InChI=1S/C22H17NS/c1-22(2)17-8-4-3-7-15(17)16-13-14(11-12-18(16)22)21-23-19-9-5-6-10-20(19)24-21/h3-13H,1-2H3. The second kappa shape index (κ2) is 4.78. The number of rotatable bonds is 1. The molecule has 0 N–H and O–H groups in total. The van der Waals surface area contributed by atoms with Gasteiger partial charge in [0.15, 0.2) is 0 Å². The Morgan fingerprint density at radius 1 is 0.792 bits per heavy atom. The van der Waals surface area contributed by atoms with Crippen molar-refractivity contribution >= 4 is 21.6 Å². The van der Waals surface area contributed by atoms with E-state index in [0.717, 1.165) is 10.5 Å². The van der Waals surface area contributed by atoms with Crippen LogP contribution >= 0.6 is 11.3 Å². The van der Waals surface area contributed by atoms with Crippen LogP contribution in [-0.4, -0.2) is 4.98 Å². The summed E-state index contributed by atoms with van der Waals surface area (Å²) in [4.78, 5) is 4.82. The largest absolute Gasteiger partial charge is 0.236 e. The maximum Gasteiger partial charge on any atom is 0.124 e. The van der Waals surface area contributed by atoms with E-state index in [1.165, 1.54) is 32.5 Å². The lowest BCUT2D eigenvalue weighted by Crippen LogP contribution is -2.14. The van der Waals surface area contributed by atoms with Crippen molar-refractivity contribution in [1.29, 1.82) is 0 Å². The molecule has 0 amide bonds. The summed E-state index contributed by atoms with van der Waals surface area (Å²) in [5.74, 6) is 0. The first-order valence-electron chi connectivity index (χ1n) is 8.25. The average molecular weight is 327 g/mol. The Morgan fingerprint density at radius 2 is 1.54 bits per heavy atom. The Morgan fingerprint density at radius 3 is 2.42 bits per heavy atom. The summed E-state index contributed by atoms with van der Waals surface area (Å²) in [6.45, 7) is 4.63. The Kier molecular flexibility index (Phi) is 2.77. The first-order valence-corrected chi connectivity index (χ1v) is 9.06. The lowest BCUT2D eigenvalue weighted by molar-refractivity contribution is 0.660. The van der Waals surface area contributed by atoms with E-state index in [-0.39, 0.29) is 5.41 Å². The van der Waals surface area contributed by atoms with Crippen molar-refractivity contribution in [3.8, 4) is 21.7 Å². The van der Waals surface area contributed by atoms with Crippen molar-refractivity contribution in [3.63, 3.8) is 0 Å². The second-order valence-corrected chi connectivity index (χ2v) is 7.95. The van der Waals surface area contributed by atoms with Gasteiger partial charge >= 0.3 is 0 Å². The summed E-state index contributed by atoms with van der Waals surface area (Å²) in [7, 11) is 0. The van der Waals surface area contributed by atoms with E-state index in [1.807, 2.05) is 6.07 Å². The van der Waals surface area contributed by atoms with Crippen LogP contribution in [-0.2, 0) is 5.41 Å². The molecule has 0 aliphatic heterocycles. The number of fused-ring (bicyclic) bond motifs is 4. The van der Waals surface area contributed by atoms with Gasteiger partial charge in [-0.05, 0) is 40.5 Å². The Hall–Kier alpha value is -2.45. The predicted octanol–water partition coefficient (Wildman–Crippen LogP) is 6.27. The number of hydrogen-bond donors (Lipinski definition) is 0. The maximum absolute atomic E-state index is 4.82. The lowest BCUT2D eigenvalue weighted by Gasteiger charge is -2.21. The van der Waals surface area contributed by atoms with Gasteiger partial charge in [-0.25, -0.2) is 4.98 Å². The lowest BCUT2D eigenvalue weighted by atomic mass is 9.82. The molecule has 1 aliphatic carbocycles. The van der Waals surface area contributed by atoms with Crippen LogP contribution in [0.3, 0.4) is 0 Å². The van der Waals surface area contributed by atoms with Crippen molar-refractivity contribution in [2.24, 2.45) is 0 Å². The van der Waals surface area contributed by atoms with Gasteiger partial charge in [0.05, 0.1) is 10.2 Å². The zero-order valence-corrected chi connectivity index (χ0v) is 14.5. The van der Waals surface area contributed by atoms with E-state index in [1.54, 1.807) is 11.3 Å². The second-order valence-electron chi connectivity index (χ2n) is 6.92. The normalized spacial score (nSPS) is 14.6. The molecule has 0 bridgehead atoms. The number of para-hydroxylation sites is 1. The van der Waals surface area contributed by atoms with Crippen LogP contribution in [0.4, 0.5) is 0 Å². The third-order valence-electron chi connectivity index (χ3n) is 5.12. The van der Waals surface area contributed by atoms with Crippen LogP contribution in [0.2, 0.25) is 0 Å². The molecule has 0 atom stereocenters. The molecule has 3 aromatic carbocycles. The molecule has 0 radical (unpaired) electrons. The molecule has 0 spiro atoms. The smallest absolute Gasteiger partial charge is 0.124 e. The predicted molar refractivity (Wildman–Crippen MR) is 103 cm³/mol. The quantitative estimate of drug-likeness (QED) is 0.401. The van der Waals surface area contributed by atoms with E-state index >= 15 is 0 Å². The number of nitrogens with zero attached hydrogens (tertiary/aromatic N) is 1. The van der Waals surface area contributed by atoms with Gasteiger partial charge in [0, 0.05) is 11.0 Å². The van der Waals surface area contributed by atoms with Crippen LogP contribution < -0.4 is 0 Å². The molecule has 0 unspecified atom stereocenters. The Balaban J connectivity index is 1.73. The molecule has 116 valence electrons. The molecule has 5 rings (SSSR count). The highest BCUT2D eigenvalue weighted by Gasteiger charge is 2.35. The summed E-state index contributed by atoms with van der Waals surface area (Å²) >= 11 is 1.77. The average Bonchev–Trinajstić information content (AvgIpc) is 3.13. The monoisotopic (exact) mass is 327 g/mol. The van der Waals surface area contributed by atoms with E-state index < -0.39 is 0 Å². The van der Waals surface area contributed by atoms with Gasteiger partial charge in [-0.2, -0.15) is 0 Å². The van der Waals surface area contributed by atoms with Crippen molar-refractivity contribution in [2.45, 2.75) is 19.3 Å². The summed E-state index contributed by atoms with van der Waals surface area (Å²) in [6, 6.07) is 24.0. The van der Waals surface area contributed by atoms with E-state index in [2.05, 4.69) is 74.5 Å². The van der Waals surface area contributed by atoms with Gasteiger partial charge in [0.25, 0.3) is 0 Å². The molecule has 0 fully saturated rings. The maximum atomic E-state index is 4.82. The minimum Gasteiger partial charge on any atom is -0.236 e. The third-order valence-corrected chi connectivity index (χ3v) is 6.21. The van der Waals surface area contributed by atoms with Crippen LogP contribution in [0.15, 0.2) is 66.7 Å². The van der Waals surface area contributed by atoms with Crippen molar-refractivity contribution < 1.29 is 0 Å². The van der Waals surface area contributed by atoms with Gasteiger partial charge in [0.2, 0.25) is 0 Å².